The number of rotatable bonds is 7. The SMILES string of the molecule is CN(C)CC(O)COc1ccc(C(C)(C)CC(C)(C)C)cc1. The highest BCUT2D eigenvalue weighted by Gasteiger charge is 2.27. The summed E-state index contributed by atoms with van der Waals surface area (Å²) in [6, 6.07) is 8.28. The van der Waals surface area contributed by atoms with Gasteiger partial charge in [0.1, 0.15) is 18.5 Å². The summed E-state index contributed by atoms with van der Waals surface area (Å²) in [5.74, 6) is 0.813. The van der Waals surface area contributed by atoms with Gasteiger partial charge in [0.15, 0.2) is 0 Å². The first-order valence-electron chi connectivity index (χ1n) is 8.06. The smallest absolute Gasteiger partial charge is 0.119 e. The molecular formula is C19H33NO2. The highest BCUT2D eigenvalue weighted by atomic mass is 16.5. The summed E-state index contributed by atoms with van der Waals surface area (Å²) in [6.07, 6.45) is 0.661. The summed E-state index contributed by atoms with van der Waals surface area (Å²) < 4.78 is 5.66. The van der Waals surface area contributed by atoms with Crippen LogP contribution in [0.3, 0.4) is 0 Å². The van der Waals surface area contributed by atoms with E-state index < -0.39 is 6.10 Å². The number of aliphatic hydroxyl groups excluding tert-OH is 1. The largest absolute Gasteiger partial charge is 0.491 e. The molecule has 1 N–H and O–H groups in total. The molecule has 0 saturated heterocycles. The maximum atomic E-state index is 9.83. The van der Waals surface area contributed by atoms with Crippen molar-refractivity contribution in [2.75, 3.05) is 27.2 Å². The van der Waals surface area contributed by atoms with Gasteiger partial charge >= 0.3 is 0 Å². The van der Waals surface area contributed by atoms with Gasteiger partial charge in [0, 0.05) is 6.54 Å². The molecule has 22 heavy (non-hydrogen) atoms. The van der Waals surface area contributed by atoms with E-state index in [1.807, 2.05) is 31.1 Å². The zero-order valence-corrected chi connectivity index (χ0v) is 15.3. The zero-order valence-electron chi connectivity index (χ0n) is 15.3. The summed E-state index contributed by atoms with van der Waals surface area (Å²) in [7, 11) is 3.88. The molecule has 0 aromatic heterocycles. The molecule has 0 heterocycles. The molecule has 0 aliphatic carbocycles. The monoisotopic (exact) mass is 307 g/mol. The molecule has 0 bridgehead atoms. The van der Waals surface area contributed by atoms with Crippen LogP contribution in [-0.2, 0) is 5.41 Å². The minimum atomic E-state index is -0.466. The second-order valence-electron chi connectivity index (χ2n) is 8.37. The molecule has 1 aromatic carbocycles. The fraction of sp³-hybridized carbons (Fsp3) is 0.684. The van der Waals surface area contributed by atoms with Crippen molar-refractivity contribution in [2.24, 2.45) is 5.41 Å². The first kappa shape index (κ1) is 19.0. The zero-order chi connectivity index (χ0) is 17.0. The molecule has 1 rings (SSSR count). The molecule has 0 spiro atoms. The van der Waals surface area contributed by atoms with Crippen LogP contribution in [-0.4, -0.2) is 43.4 Å². The third-order valence-corrected chi connectivity index (χ3v) is 3.63. The highest BCUT2D eigenvalue weighted by Crippen LogP contribution is 2.36. The topological polar surface area (TPSA) is 32.7 Å². The molecule has 3 nitrogen and oxygen atoms in total. The molecule has 1 aromatic rings. The quantitative estimate of drug-likeness (QED) is 0.833. The van der Waals surface area contributed by atoms with Crippen molar-refractivity contribution in [3.05, 3.63) is 29.8 Å². The second-order valence-corrected chi connectivity index (χ2v) is 8.37. The van der Waals surface area contributed by atoms with Gasteiger partial charge in [0.2, 0.25) is 0 Å². The number of likely N-dealkylation sites (N-methyl/N-ethyl adjacent to an activating group) is 1. The normalized spacial score (nSPS) is 14.2. The Hall–Kier alpha value is -1.06. The van der Waals surface area contributed by atoms with E-state index in [9.17, 15) is 5.11 Å². The first-order chi connectivity index (χ1) is 9.99. The van der Waals surface area contributed by atoms with E-state index in [1.165, 1.54) is 5.56 Å². The molecular weight excluding hydrogens is 274 g/mol. The minimum absolute atomic E-state index is 0.140. The average Bonchev–Trinajstić information content (AvgIpc) is 2.33. The number of nitrogens with zero attached hydrogens (tertiary/aromatic N) is 1. The van der Waals surface area contributed by atoms with Gasteiger partial charge in [-0.3, -0.25) is 0 Å². The fourth-order valence-electron chi connectivity index (χ4n) is 3.10. The summed E-state index contributed by atoms with van der Waals surface area (Å²) in [5.41, 5.74) is 1.76. The van der Waals surface area contributed by atoms with E-state index >= 15 is 0 Å². The lowest BCUT2D eigenvalue weighted by molar-refractivity contribution is 0.0831. The summed E-state index contributed by atoms with van der Waals surface area (Å²) in [5, 5.41) is 9.83. The van der Waals surface area contributed by atoms with Crippen LogP contribution in [0.15, 0.2) is 24.3 Å². The van der Waals surface area contributed by atoms with Crippen molar-refractivity contribution in [1.29, 1.82) is 0 Å². The van der Waals surface area contributed by atoms with Gasteiger partial charge in [-0.1, -0.05) is 46.8 Å². The van der Waals surface area contributed by atoms with Crippen molar-refractivity contribution in [3.8, 4) is 5.75 Å². The van der Waals surface area contributed by atoms with Crippen LogP contribution in [0.2, 0.25) is 0 Å². The Labute approximate surface area is 136 Å². The number of ether oxygens (including phenoxy) is 1. The van der Waals surface area contributed by atoms with Gasteiger partial charge in [-0.2, -0.15) is 0 Å². The Kier molecular flexibility index (Phi) is 6.45. The average molecular weight is 307 g/mol. The van der Waals surface area contributed by atoms with Crippen molar-refractivity contribution >= 4 is 0 Å². The van der Waals surface area contributed by atoms with Crippen molar-refractivity contribution < 1.29 is 9.84 Å². The molecule has 1 atom stereocenters. The van der Waals surface area contributed by atoms with Crippen molar-refractivity contribution in [3.63, 3.8) is 0 Å². The Balaban J connectivity index is 2.63. The Morgan fingerprint density at radius 1 is 1.05 bits per heavy atom. The lowest BCUT2D eigenvalue weighted by Crippen LogP contribution is -2.30. The van der Waals surface area contributed by atoms with Crippen LogP contribution in [0.1, 0.15) is 46.6 Å². The number of hydrogen-bond acceptors (Lipinski definition) is 3. The van der Waals surface area contributed by atoms with Crippen LogP contribution in [0.4, 0.5) is 0 Å². The van der Waals surface area contributed by atoms with Gasteiger partial charge < -0.3 is 14.7 Å². The maximum absolute atomic E-state index is 9.83. The summed E-state index contributed by atoms with van der Waals surface area (Å²) in [4.78, 5) is 1.95. The maximum Gasteiger partial charge on any atom is 0.119 e. The minimum Gasteiger partial charge on any atom is -0.491 e. The molecule has 0 amide bonds. The van der Waals surface area contributed by atoms with Crippen LogP contribution in [0, 0.1) is 5.41 Å². The second kappa shape index (κ2) is 7.47. The predicted octanol–water partition coefficient (Wildman–Crippen LogP) is 3.70. The predicted molar refractivity (Wildman–Crippen MR) is 93.6 cm³/mol. The molecule has 0 fully saturated rings. The molecule has 0 saturated carbocycles. The van der Waals surface area contributed by atoms with Crippen LogP contribution in [0.5, 0.6) is 5.75 Å². The van der Waals surface area contributed by atoms with Crippen molar-refractivity contribution in [2.45, 2.75) is 52.6 Å². The number of benzene rings is 1. The van der Waals surface area contributed by atoms with Crippen LogP contribution in [0.25, 0.3) is 0 Å². The van der Waals surface area contributed by atoms with E-state index in [-0.39, 0.29) is 5.41 Å². The molecule has 1 unspecified atom stereocenters. The molecule has 0 aliphatic heterocycles. The summed E-state index contributed by atoms with van der Waals surface area (Å²) in [6.45, 7) is 12.3. The standard InChI is InChI=1S/C19H33NO2/c1-18(2,3)14-19(4,5)15-8-10-17(11-9-15)22-13-16(21)12-20(6)7/h8-11,16,21H,12-14H2,1-7H3. The van der Waals surface area contributed by atoms with Gasteiger partial charge in [-0.25, -0.2) is 0 Å². The van der Waals surface area contributed by atoms with E-state index in [1.54, 1.807) is 0 Å². The third-order valence-electron chi connectivity index (χ3n) is 3.63. The lowest BCUT2D eigenvalue weighted by atomic mass is 9.72. The van der Waals surface area contributed by atoms with Crippen LogP contribution < -0.4 is 4.74 Å². The summed E-state index contributed by atoms with van der Waals surface area (Å²) >= 11 is 0. The van der Waals surface area contributed by atoms with E-state index in [0.717, 1.165) is 12.2 Å². The fourth-order valence-corrected chi connectivity index (χ4v) is 3.10. The Morgan fingerprint density at radius 3 is 2.05 bits per heavy atom. The number of aliphatic hydroxyl groups is 1. The molecule has 126 valence electrons. The highest BCUT2D eigenvalue weighted by molar-refractivity contribution is 5.31. The van der Waals surface area contributed by atoms with Gasteiger partial charge in [0.25, 0.3) is 0 Å². The van der Waals surface area contributed by atoms with Gasteiger partial charge in [0.05, 0.1) is 0 Å². The van der Waals surface area contributed by atoms with Gasteiger partial charge in [-0.15, -0.1) is 0 Å². The lowest BCUT2D eigenvalue weighted by Gasteiger charge is -2.33. The van der Waals surface area contributed by atoms with Crippen LogP contribution >= 0.6 is 0 Å². The van der Waals surface area contributed by atoms with E-state index in [4.69, 9.17) is 4.74 Å². The molecule has 3 heteroatoms. The Morgan fingerprint density at radius 2 is 1.59 bits per heavy atom. The van der Waals surface area contributed by atoms with Crippen molar-refractivity contribution in [1.82, 2.24) is 4.90 Å². The molecule has 0 aliphatic rings. The molecule has 0 radical (unpaired) electrons. The number of hydrogen-bond donors (Lipinski definition) is 1. The van der Waals surface area contributed by atoms with E-state index in [2.05, 4.69) is 46.8 Å². The third kappa shape index (κ3) is 6.80. The Bertz CT molecular complexity index is 443. The van der Waals surface area contributed by atoms with Gasteiger partial charge in [-0.05, 0) is 49.0 Å². The first-order valence-corrected chi connectivity index (χ1v) is 8.06. The van der Waals surface area contributed by atoms with E-state index in [0.29, 0.717) is 18.6 Å².